The monoisotopic (exact) mass is 256 g/mol. The number of carboxylic acid groups (broad SMARTS) is 1. The van der Waals surface area contributed by atoms with Gasteiger partial charge in [0.25, 0.3) is 0 Å². The zero-order valence-corrected chi connectivity index (χ0v) is 10.6. The highest BCUT2D eigenvalue weighted by Gasteiger charge is 2.33. The Bertz CT molecular complexity index is 334. The van der Waals surface area contributed by atoms with Crippen LogP contribution in [0.4, 0.5) is 0 Å². The molecular formula is C12H20N2O4. The van der Waals surface area contributed by atoms with Crippen molar-refractivity contribution in [3.05, 3.63) is 0 Å². The molecule has 0 bridgehead atoms. The van der Waals surface area contributed by atoms with Gasteiger partial charge in [-0.2, -0.15) is 0 Å². The first kappa shape index (κ1) is 13.3. The minimum Gasteiger partial charge on any atom is -0.479 e. The van der Waals surface area contributed by atoms with Crippen molar-refractivity contribution in [2.75, 3.05) is 26.2 Å². The maximum absolute atomic E-state index is 12.3. The van der Waals surface area contributed by atoms with Gasteiger partial charge >= 0.3 is 5.97 Å². The zero-order chi connectivity index (χ0) is 13.1. The quantitative estimate of drug-likeness (QED) is 0.708. The van der Waals surface area contributed by atoms with Gasteiger partial charge in [-0.05, 0) is 26.3 Å². The summed E-state index contributed by atoms with van der Waals surface area (Å²) < 4.78 is 5.12. The third kappa shape index (κ3) is 3.00. The number of nitrogens with one attached hydrogen (secondary N) is 1. The fraction of sp³-hybridized carbons (Fsp3) is 0.833. The number of carbonyl (C=O) groups is 2. The van der Waals surface area contributed by atoms with Crippen LogP contribution in [0.1, 0.15) is 19.8 Å². The Morgan fingerprint density at radius 2 is 2.22 bits per heavy atom. The fourth-order valence-electron chi connectivity index (χ4n) is 2.61. The maximum atomic E-state index is 12.3. The van der Waals surface area contributed by atoms with Gasteiger partial charge in [0.2, 0.25) is 5.91 Å². The van der Waals surface area contributed by atoms with Crippen LogP contribution in [-0.4, -0.2) is 60.3 Å². The molecule has 2 rings (SSSR count). The smallest absolute Gasteiger partial charge is 0.334 e. The van der Waals surface area contributed by atoms with Gasteiger partial charge in [-0.3, -0.25) is 4.79 Å². The van der Waals surface area contributed by atoms with Crippen molar-refractivity contribution < 1.29 is 19.4 Å². The molecule has 0 aromatic rings. The van der Waals surface area contributed by atoms with Crippen LogP contribution >= 0.6 is 0 Å². The van der Waals surface area contributed by atoms with E-state index in [2.05, 4.69) is 12.2 Å². The molecule has 2 fully saturated rings. The SMILES string of the molecule is CC1CC(C(=O)N2CCOC(C(=O)O)C2)CCN1. The second-order valence-electron chi connectivity index (χ2n) is 5.06. The van der Waals surface area contributed by atoms with Crippen LogP contribution in [0, 0.1) is 5.92 Å². The second-order valence-corrected chi connectivity index (χ2v) is 5.06. The Morgan fingerprint density at radius 3 is 2.89 bits per heavy atom. The molecule has 0 aliphatic carbocycles. The highest BCUT2D eigenvalue weighted by molar-refractivity contribution is 5.80. The molecule has 102 valence electrons. The van der Waals surface area contributed by atoms with Crippen molar-refractivity contribution >= 4 is 11.9 Å². The molecule has 2 saturated heterocycles. The zero-order valence-electron chi connectivity index (χ0n) is 10.6. The summed E-state index contributed by atoms with van der Waals surface area (Å²) in [5.41, 5.74) is 0. The van der Waals surface area contributed by atoms with E-state index in [4.69, 9.17) is 9.84 Å². The molecule has 2 heterocycles. The van der Waals surface area contributed by atoms with Crippen molar-refractivity contribution in [2.24, 2.45) is 5.92 Å². The Labute approximate surface area is 106 Å². The van der Waals surface area contributed by atoms with E-state index >= 15 is 0 Å². The molecule has 2 aliphatic heterocycles. The topological polar surface area (TPSA) is 78.9 Å². The first-order chi connectivity index (χ1) is 8.58. The van der Waals surface area contributed by atoms with E-state index in [1.54, 1.807) is 4.90 Å². The van der Waals surface area contributed by atoms with Crippen LogP contribution in [0.15, 0.2) is 0 Å². The van der Waals surface area contributed by atoms with E-state index in [0.717, 1.165) is 19.4 Å². The average molecular weight is 256 g/mol. The van der Waals surface area contributed by atoms with Gasteiger partial charge in [0.15, 0.2) is 6.10 Å². The lowest BCUT2D eigenvalue weighted by Crippen LogP contribution is -2.52. The van der Waals surface area contributed by atoms with Crippen molar-refractivity contribution in [3.8, 4) is 0 Å². The van der Waals surface area contributed by atoms with Gasteiger partial charge in [0.05, 0.1) is 13.2 Å². The summed E-state index contributed by atoms with van der Waals surface area (Å²) in [6, 6.07) is 0.351. The summed E-state index contributed by atoms with van der Waals surface area (Å²) in [6.07, 6.45) is 0.786. The van der Waals surface area contributed by atoms with Crippen LogP contribution in [0.25, 0.3) is 0 Å². The Morgan fingerprint density at radius 1 is 1.44 bits per heavy atom. The van der Waals surface area contributed by atoms with Gasteiger partial charge in [-0.1, -0.05) is 0 Å². The van der Waals surface area contributed by atoms with E-state index in [-0.39, 0.29) is 18.4 Å². The van der Waals surface area contributed by atoms with Crippen molar-refractivity contribution in [1.29, 1.82) is 0 Å². The van der Waals surface area contributed by atoms with Crippen LogP contribution in [-0.2, 0) is 14.3 Å². The number of amides is 1. The van der Waals surface area contributed by atoms with Gasteiger partial charge in [0.1, 0.15) is 0 Å². The number of aliphatic carboxylic acids is 1. The van der Waals surface area contributed by atoms with Gasteiger partial charge in [-0.15, -0.1) is 0 Å². The Hall–Kier alpha value is -1.14. The Balaban J connectivity index is 1.93. The van der Waals surface area contributed by atoms with Crippen LogP contribution in [0.2, 0.25) is 0 Å². The molecule has 2 N–H and O–H groups in total. The minimum atomic E-state index is -0.994. The molecular weight excluding hydrogens is 236 g/mol. The van der Waals surface area contributed by atoms with Crippen molar-refractivity contribution in [2.45, 2.75) is 31.9 Å². The molecule has 0 aromatic heterocycles. The van der Waals surface area contributed by atoms with Crippen molar-refractivity contribution in [1.82, 2.24) is 10.2 Å². The fourth-order valence-corrected chi connectivity index (χ4v) is 2.61. The van der Waals surface area contributed by atoms with E-state index in [1.807, 2.05) is 0 Å². The van der Waals surface area contributed by atoms with Crippen LogP contribution in [0.5, 0.6) is 0 Å². The normalized spacial score (nSPS) is 33.2. The summed E-state index contributed by atoms with van der Waals surface area (Å²) >= 11 is 0. The Kier molecular flexibility index (Phi) is 4.19. The third-order valence-corrected chi connectivity index (χ3v) is 3.63. The summed E-state index contributed by atoms with van der Waals surface area (Å²) in [5.74, 6) is -0.891. The largest absolute Gasteiger partial charge is 0.479 e. The number of carbonyl (C=O) groups excluding carboxylic acids is 1. The molecule has 0 radical (unpaired) electrons. The van der Waals surface area contributed by atoms with E-state index in [0.29, 0.717) is 19.2 Å². The number of carboxylic acids is 1. The highest BCUT2D eigenvalue weighted by atomic mass is 16.5. The molecule has 0 saturated carbocycles. The predicted molar refractivity (Wildman–Crippen MR) is 64.1 cm³/mol. The molecule has 0 spiro atoms. The van der Waals surface area contributed by atoms with Gasteiger partial charge in [-0.25, -0.2) is 4.79 Å². The maximum Gasteiger partial charge on any atom is 0.334 e. The number of hydrogen-bond donors (Lipinski definition) is 2. The molecule has 0 aromatic carbocycles. The summed E-state index contributed by atoms with van der Waals surface area (Å²) in [5, 5.41) is 12.2. The van der Waals surface area contributed by atoms with Gasteiger partial charge < -0.3 is 20.1 Å². The summed E-state index contributed by atoms with van der Waals surface area (Å²) in [6.45, 7) is 3.90. The highest BCUT2D eigenvalue weighted by Crippen LogP contribution is 2.20. The lowest BCUT2D eigenvalue weighted by molar-refractivity contribution is -0.160. The molecule has 18 heavy (non-hydrogen) atoms. The number of ether oxygens (including phenoxy) is 1. The summed E-state index contributed by atoms with van der Waals surface area (Å²) in [7, 11) is 0. The number of morpholine rings is 1. The first-order valence-corrected chi connectivity index (χ1v) is 6.44. The molecule has 3 unspecified atom stereocenters. The van der Waals surface area contributed by atoms with Crippen LogP contribution < -0.4 is 5.32 Å². The van der Waals surface area contributed by atoms with Crippen LogP contribution in [0.3, 0.4) is 0 Å². The van der Waals surface area contributed by atoms with Gasteiger partial charge in [0, 0.05) is 18.5 Å². The molecule has 1 amide bonds. The molecule has 3 atom stereocenters. The van der Waals surface area contributed by atoms with Crippen molar-refractivity contribution in [3.63, 3.8) is 0 Å². The lowest BCUT2D eigenvalue weighted by Gasteiger charge is -2.35. The standard InChI is InChI=1S/C12H20N2O4/c1-8-6-9(2-3-13-8)11(15)14-4-5-18-10(7-14)12(16)17/h8-10,13H,2-7H2,1H3,(H,16,17). The summed E-state index contributed by atoms with van der Waals surface area (Å²) in [4.78, 5) is 24.8. The third-order valence-electron chi connectivity index (χ3n) is 3.63. The van der Waals surface area contributed by atoms with E-state index in [9.17, 15) is 9.59 Å². The number of hydrogen-bond acceptors (Lipinski definition) is 4. The average Bonchev–Trinajstić information content (AvgIpc) is 2.38. The number of nitrogens with zero attached hydrogens (tertiary/aromatic N) is 1. The lowest BCUT2D eigenvalue weighted by atomic mass is 9.92. The number of piperidine rings is 1. The molecule has 6 nitrogen and oxygen atoms in total. The minimum absolute atomic E-state index is 0.0220. The molecule has 6 heteroatoms. The molecule has 2 aliphatic rings. The van der Waals surface area contributed by atoms with E-state index in [1.165, 1.54) is 0 Å². The second kappa shape index (κ2) is 5.67. The van der Waals surface area contributed by atoms with E-state index < -0.39 is 12.1 Å². The first-order valence-electron chi connectivity index (χ1n) is 6.44. The predicted octanol–water partition coefficient (Wildman–Crippen LogP) is -0.313. The number of rotatable bonds is 2.